The summed E-state index contributed by atoms with van der Waals surface area (Å²) < 4.78 is 11.2. The van der Waals surface area contributed by atoms with E-state index >= 15 is 0 Å². The van der Waals surface area contributed by atoms with E-state index in [4.69, 9.17) is 21.1 Å². The van der Waals surface area contributed by atoms with Gasteiger partial charge in [-0.05, 0) is 56.3 Å². The van der Waals surface area contributed by atoms with Crippen LogP contribution in [0.15, 0.2) is 48.5 Å². The normalized spacial score (nSPS) is 10.1. The molecule has 0 unspecified atom stereocenters. The van der Waals surface area contributed by atoms with Gasteiger partial charge in [-0.2, -0.15) is 0 Å². The van der Waals surface area contributed by atoms with Gasteiger partial charge in [0.05, 0.1) is 6.61 Å². The second-order valence-electron chi connectivity index (χ2n) is 5.51. The number of hydrogen-bond acceptors (Lipinski definition) is 4. The van der Waals surface area contributed by atoms with Crippen molar-refractivity contribution in [3.05, 3.63) is 59.1 Å². The molecule has 0 aliphatic rings. The molecule has 0 amide bonds. The molecule has 0 atom stereocenters. The molecule has 0 aromatic heterocycles. The summed E-state index contributed by atoms with van der Waals surface area (Å²) in [5, 5.41) is 3.93. The summed E-state index contributed by atoms with van der Waals surface area (Å²) in [5.74, 6) is 1.66. The maximum atomic E-state index is 12.0. The average Bonchev–Trinajstić information content (AvgIpc) is 2.63. The molecular weight excluding hydrogens is 373 g/mol. The molecule has 0 spiro atoms. The fourth-order valence-electron chi connectivity index (χ4n) is 2.36. The third kappa shape index (κ3) is 7.65. The van der Waals surface area contributed by atoms with Crippen molar-refractivity contribution in [1.82, 2.24) is 5.32 Å². The van der Waals surface area contributed by atoms with Gasteiger partial charge >= 0.3 is 0 Å². The van der Waals surface area contributed by atoms with Crippen LogP contribution in [-0.4, -0.2) is 32.1 Å². The maximum absolute atomic E-state index is 12.0. The Hall–Kier alpha value is -1.75. The molecule has 0 saturated carbocycles. The SMILES string of the molecule is CCOc1ccccc1OCCNCCCC(=O)c1ccc(Cl)cc1.Cl. The molecule has 1 N–H and O–H groups in total. The molecule has 4 nitrogen and oxygen atoms in total. The standard InChI is InChI=1S/C20H24ClNO3.ClH/c1-2-24-19-7-3-4-8-20(19)25-15-14-22-13-5-6-18(23)16-9-11-17(21)12-10-16;/h3-4,7-12,22H,2,5-6,13-15H2,1H3;1H. The van der Waals surface area contributed by atoms with E-state index in [0.29, 0.717) is 30.2 Å². The van der Waals surface area contributed by atoms with Crippen molar-refractivity contribution in [1.29, 1.82) is 0 Å². The highest BCUT2D eigenvalue weighted by Crippen LogP contribution is 2.26. The summed E-state index contributed by atoms with van der Waals surface area (Å²) in [6, 6.07) is 14.7. The first kappa shape index (κ1) is 22.3. The van der Waals surface area contributed by atoms with Gasteiger partial charge in [0.25, 0.3) is 0 Å². The Balaban J connectivity index is 0.00000338. The zero-order valence-corrected chi connectivity index (χ0v) is 16.4. The summed E-state index contributed by atoms with van der Waals surface area (Å²) in [6.45, 7) is 4.60. The molecule has 26 heavy (non-hydrogen) atoms. The molecule has 0 saturated heterocycles. The molecular formula is C20H25Cl2NO3. The van der Waals surface area contributed by atoms with Crippen molar-refractivity contribution in [2.75, 3.05) is 26.3 Å². The minimum absolute atomic E-state index is 0. The number of carbonyl (C=O) groups excluding carboxylic acids is 1. The van der Waals surface area contributed by atoms with Gasteiger partial charge in [-0.3, -0.25) is 4.79 Å². The van der Waals surface area contributed by atoms with Gasteiger partial charge < -0.3 is 14.8 Å². The third-order valence-electron chi connectivity index (χ3n) is 3.61. The van der Waals surface area contributed by atoms with Gasteiger partial charge in [0.2, 0.25) is 0 Å². The minimum Gasteiger partial charge on any atom is -0.490 e. The first-order chi connectivity index (χ1) is 12.2. The summed E-state index contributed by atoms with van der Waals surface area (Å²) in [4.78, 5) is 12.0. The van der Waals surface area contributed by atoms with E-state index in [1.165, 1.54) is 0 Å². The Labute approximate surface area is 166 Å². The first-order valence-corrected chi connectivity index (χ1v) is 8.92. The number of nitrogens with one attached hydrogen (secondary N) is 1. The smallest absolute Gasteiger partial charge is 0.162 e. The summed E-state index contributed by atoms with van der Waals surface area (Å²) >= 11 is 5.82. The summed E-state index contributed by atoms with van der Waals surface area (Å²) in [5.41, 5.74) is 0.709. The number of halogens is 2. The molecule has 2 aromatic carbocycles. The van der Waals surface area contributed by atoms with Crippen molar-refractivity contribution < 1.29 is 14.3 Å². The second kappa shape index (κ2) is 12.6. The molecule has 6 heteroatoms. The number of hydrogen-bond donors (Lipinski definition) is 1. The van der Waals surface area contributed by atoms with Crippen molar-refractivity contribution >= 4 is 29.8 Å². The fraction of sp³-hybridized carbons (Fsp3) is 0.350. The summed E-state index contributed by atoms with van der Waals surface area (Å²) in [6.07, 6.45) is 1.31. The number of benzene rings is 2. The molecule has 142 valence electrons. The van der Waals surface area contributed by atoms with Crippen LogP contribution >= 0.6 is 24.0 Å². The summed E-state index contributed by atoms with van der Waals surface area (Å²) in [7, 11) is 0. The monoisotopic (exact) mass is 397 g/mol. The lowest BCUT2D eigenvalue weighted by Crippen LogP contribution is -2.22. The Morgan fingerprint density at radius 2 is 1.65 bits per heavy atom. The zero-order chi connectivity index (χ0) is 17.9. The van der Waals surface area contributed by atoms with Crippen molar-refractivity contribution in [3.8, 4) is 11.5 Å². The number of para-hydroxylation sites is 2. The molecule has 0 aliphatic carbocycles. The van der Waals surface area contributed by atoms with Crippen LogP contribution in [0, 0.1) is 0 Å². The Kier molecular flexibility index (Phi) is 10.8. The van der Waals surface area contributed by atoms with E-state index in [1.807, 2.05) is 31.2 Å². The zero-order valence-electron chi connectivity index (χ0n) is 14.9. The molecule has 2 aromatic rings. The van der Waals surface area contributed by atoms with Crippen LogP contribution in [-0.2, 0) is 0 Å². The highest BCUT2D eigenvalue weighted by molar-refractivity contribution is 6.30. The quantitative estimate of drug-likeness (QED) is 0.437. The fourth-order valence-corrected chi connectivity index (χ4v) is 2.48. The topological polar surface area (TPSA) is 47.6 Å². The lowest BCUT2D eigenvalue weighted by Gasteiger charge is -2.11. The molecule has 0 radical (unpaired) electrons. The van der Waals surface area contributed by atoms with Crippen LogP contribution in [0.3, 0.4) is 0 Å². The van der Waals surface area contributed by atoms with E-state index in [1.54, 1.807) is 24.3 Å². The first-order valence-electron chi connectivity index (χ1n) is 8.55. The Morgan fingerprint density at radius 3 is 2.31 bits per heavy atom. The van der Waals surface area contributed by atoms with Crippen LogP contribution in [0.4, 0.5) is 0 Å². The van der Waals surface area contributed by atoms with E-state index in [-0.39, 0.29) is 18.2 Å². The van der Waals surface area contributed by atoms with Gasteiger partial charge in [0, 0.05) is 23.6 Å². The lowest BCUT2D eigenvalue weighted by molar-refractivity contribution is 0.0980. The van der Waals surface area contributed by atoms with Crippen LogP contribution < -0.4 is 14.8 Å². The van der Waals surface area contributed by atoms with Gasteiger partial charge in [0.15, 0.2) is 17.3 Å². The molecule has 0 fully saturated rings. The van der Waals surface area contributed by atoms with E-state index in [2.05, 4.69) is 5.32 Å². The highest BCUT2D eigenvalue weighted by atomic mass is 35.5. The van der Waals surface area contributed by atoms with Crippen LogP contribution in [0.1, 0.15) is 30.1 Å². The molecule has 2 rings (SSSR count). The molecule has 0 heterocycles. The second-order valence-corrected chi connectivity index (χ2v) is 5.95. The van der Waals surface area contributed by atoms with Crippen molar-refractivity contribution in [2.45, 2.75) is 19.8 Å². The Bertz CT molecular complexity index is 662. The number of ketones is 1. The highest BCUT2D eigenvalue weighted by Gasteiger charge is 2.05. The van der Waals surface area contributed by atoms with Crippen LogP contribution in [0.25, 0.3) is 0 Å². The molecule has 0 aliphatic heterocycles. The Morgan fingerprint density at radius 1 is 1.00 bits per heavy atom. The van der Waals surface area contributed by atoms with Gasteiger partial charge in [0.1, 0.15) is 6.61 Å². The predicted octanol–water partition coefficient (Wildman–Crippen LogP) is 4.79. The average molecular weight is 398 g/mol. The van der Waals surface area contributed by atoms with Gasteiger partial charge in [-0.15, -0.1) is 12.4 Å². The number of rotatable bonds is 11. The number of ether oxygens (including phenoxy) is 2. The minimum atomic E-state index is 0. The number of carbonyl (C=O) groups is 1. The van der Waals surface area contributed by atoms with Crippen molar-refractivity contribution in [3.63, 3.8) is 0 Å². The predicted molar refractivity (Wildman–Crippen MR) is 108 cm³/mol. The van der Waals surface area contributed by atoms with Gasteiger partial charge in [-0.1, -0.05) is 23.7 Å². The van der Waals surface area contributed by atoms with Crippen LogP contribution in [0.5, 0.6) is 11.5 Å². The van der Waals surface area contributed by atoms with E-state index in [0.717, 1.165) is 31.0 Å². The van der Waals surface area contributed by atoms with E-state index in [9.17, 15) is 4.79 Å². The van der Waals surface area contributed by atoms with Crippen molar-refractivity contribution in [2.24, 2.45) is 0 Å². The van der Waals surface area contributed by atoms with Crippen LogP contribution in [0.2, 0.25) is 5.02 Å². The number of Topliss-reactive ketones (excluding diaryl/α,β-unsaturated/α-hetero) is 1. The largest absolute Gasteiger partial charge is 0.490 e. The maximum Gasteiger partial charge on any atom is 0.162 e. The molecule has 0 bridgehead atoms. The van der Waals surface area contributed by atoms with E-state index < -0.39 is 0 Å². The third-order valence-corrected chi connectivity index (χ3v) is 3.86. The lowest BCUT2D eigenvalue weighted by atomic mass is 10.1. The van der Waals surface area contributed by atoms with Gasteiger partial charge in [-0.25, -0.2) is 0 Å².